The summed E-state index contributed by atoms with van der Waals surface area (Å²) in [5, 5.41) is 1.55. The number of carbonyl (C=O) groups excluding carboxylic acids is 1. The molecule has 0 saturated carbocycles. The molecule has 4 aromatic rings. The molecule has 0 N–H and O–H groups in total. The zero-order valence-electron chi connectivity index (χ0n) is 23.2. The molecule has 1 aliphatic rings. The van der Waals surface area contributed by atoms with Gasteiger partial charge >= 0.3 is 0 Å². The van der Waals surface area contributed by atoms with Crippen molar-refractivity contribution in [3.05, 3.63) is 129 Å². The molecule has 0 spiro atoms. The fourth-order valence-corrected chi connectivity index (χ4v) is 6.34. The van der Waals surface area contributed by atoms with Gasteiger partial charge in [0, 0.05) is 18.1 Å². The summed E-state index contributed by atoms with van der Waals surface area (Å²) in [5.74, 6) is 0.546. The smallest absolute Gasteiger partial charge is 0.271 e. The van der Waals surface area contributed by atoms with Crippen LogP contribution in [0.5, 0.6) is 5.75 Å². The van der Waals surface area contributed by atoms with Crippen LogP contribution in [0.15, 0.2) is 87.8 Å². The normalized spacial score (nSPS) is 14.9. The highest BCUT2D eigenvalue weighted by Gasteiger charge is 2.34. The van der Waals surface area contributed by atoms with Crippen molar-refractivity contribution < 1.29 is 9.53 Å². The summed E-state index contributed by atoms with van der Waals surface area (Å²) in [7, 11) is 0. The number of hydrogen-bond donors (Lipinski definition) is 0. The Morgan fingerprint density at radius 1 is 1.00 bits per heavy atom. The molecule has 0 bridgehead atoms. The van der Waals surface area contributed by atoms with Gasteiger partial charge in [-0.25, -0.2) is 4.99 Å². The van der Waals surface area contributed by atoms with E-state index in [0.717, 1.165) is 16.7 Å². The van der Waals surface area contributed by atoms with Crippen molar-refractivity contribution in [2.45, 2.75) is 33.4 Å². The highest BCUT2D eigenvalue weighted by Crippen LogP contribution is 2.32. The Morgan fingerprint density at radius 3 is 2.33 bits per heavy atom. The zero-order valence-corrected chi connectivity index (χ0v) is 26.3. The number of ether oxygens (including phenoxy) is 1. The lowest BCUT2D eigenvalue weighted by molar-refractivity contribution is -0.127. The molecule has 1 atom stereocenters. The molecule has 0 saturated heterocycles. The largest absolute Gasteiger partial charge is 0.489 e. The average molecular weight is 641 g/mol. The number of carbonyl (C=O) groups is 1. The number of thiazole rings is 1. The van der Waals surface area contributed by atoms with Gasteiger partial charge in [-0.05, 0) is 79.9 Å². The first kappa shape index (κ1) is 30.1. The number of hydrogen-bond acceptors (Lipinski definition) is 5. The van der Waals surface area contributed by atoms with Crippen LogP contribution in [0.2, 0.25) is 15.1 Å². The van der Waals surface area contributed by atoms with Crippen LogP contribution in [-0.2, 0) is 11.4 Å². The molecule has 0 unspecified atom stereocenters. The third-order valence-corrected chi connectivity index (χ3v) is 9.03. The third-order valence-electron chi connectivity index (χ3n) is 7.06. The van der Waals surface area contributed by atoms with E-state index in [-0.39, 0.29) is 11.5 Å². The molecule has 1 amide bonds. The molecule has 0 fully saturated rings. The molecule has 10 heteroatoms. The molecular formula is C32H28Cl3N3O3S. The molecule has 2 heterocycles. The topological polar surface area (TPSA) is 63.9 Å². The van der Waals surface area contributed by atoms with Gasteiger partial charge in [-0.1, -0.05) is 76.5 Å². The molecular weight excluding hydrogens is 613 g/mol. The van der Waals surface area contributed by atoms with Crippen LogP contribution in [0.4, 0.5) is 0 Å². The Morgan fingerprint density at radius 2 is 1.69 bits per heavy atom. The molecule has 42 heavy (non-hydrogen) atoms. The second kappa shape index (κ2) is 12.9. The maximum atomic E-state index is 13.9. The fourth-order valence-electron chi connectivity index (χ4n) is 4.84. The molecule has 0 aliphatic carbocycles. The van der Waals surface area contributed by atoms with E-state index in [9.17, 15) is 9.59 Å². The predicted molar refractivity (Wildman–Crippen MR) is 170 cm³/mol. The minimum atomic E-state index is -0.620. The lowest BCUT2D eigenvalue weighted by Crippen LogP contribution is -2.43. The summed E-state index contributed by atoms with van der Waals surface area (Å²) < 4.78 is 8.03. The highest BCUT2D eigenvalue weighted by molar-refractivity contribution is 7.07. The number of likely N-dealkylation sites (N-methyl/N-ethyl adjacent to an activating group) is 1. The second-order valence-corrected chi connectivity index (χ2v) is 12.0. The summed E-state index contributed by atoms with van der Waals surface area (Å²) in [4.78, 5) is 34.6. The molecule has 5 rings (SSSR count). The Kier molecular flexibility index (Phi) is 9.23. The van der Waals surface area contributed by atoms with Gasteiger partial charge in [0.1, 0.15) is 12.4 Å². The standard InChI is InChI=1S/C32H28Cl3N3O3S/c1-4-37(5-2)31(40)28-19(3)36-32-38(29(28)22-9-11-23(33)12-10-22)30(39)27(42-32)17-20-6-13-24(14-7-20)41-18-21-8-15-25(34)26(35)16-21/h6-17,29H,4-5,18H2,1-3H3/b27-17+/t29-/m1/s1. The molecule has 1 aromatic heterocycles. The van der Waals surface area contributed by atoms with Gasteiger partial charge in [0.05, 0.1) is 31.9 Å². The monoisotopic (exact) mass is 639 g/mol. The lowest BCUT2D eigenvalue weighted by Gasteiger charge is -2.29. The fraction of sp³-hybridized carbons (Fsp3) is 0.219. The average Bonchev–Trinajstić information content (AvgIpc) is 3.28. The van der Waals surface area contributed by atoms with Gasteiger partial charge in [0.15, 0.2) is 4.80 Å². The summed E-state index contributed by atoms with van der Waals surface area (Å²) >= 11 is 19.6. The van der Waals surface area contributed by atoms with Gasteiger partial charge in [-0.15, -0.1) is 0 Å². The third kappa shape index (κ3) is 6.20. The minimum absolute atomic E-state index is 0.132. The maximum absolute atomic E-state index is 13.9. The first-order valence-electron chi connectivity index (χ1n) is 13.4. The summed E-state index contributed by atoms with van der Waals surface area (Å²) in [6.45, 7) is 7.15. The van der Waals surface area contributed by atoms with Crippen LogP contribution in [0.25, 0.3) is 6.08 Å². The van der Waals surface area contributed by atoms with E-state index in [2.05, 4.69) is 0 Å². The van der Waals surface area contributed by atoms with Crippen LogP contribution in [0.3, 0.4) is 0 Å². The van der Waals surface area contributed by atoms with Gasteiger partial charge in [-0.2, -0.15) is 0 Å². The Bertz CT molecular complexity index is 1840. The number of amides is 1. The van der Waals surface area contributed by atoms with E-state index in [4.69, 9.17) is 44.5 Å². The molecule has 1 aliphatic heterocycles. The Balaban J connectivity index is 1.49. The highest BCUT2D eigenvalue weighted by atomic mass is 35.5. The number of halogens is 3. The molecule has 3 aromatic carbocycles. The van der Waals surface area contributed by atoms with E-state index in [0.29, 0.717) is 61.1 Å². The van der Waals surface area contributed by atoms with E-state index in [1.807, 2.05) is 69.3 Å². The van der Waals surface area contributed by atoms with Crippen molar-refractivity contribution in [2.75, 3.05) is 13.1 Å². The maximum Gasteiger partial charge on any atom is 0.271 e. The number of benzene rings is 3. The van der Waals surface area contributed by atoms with Gasteiger partial charge < -0.3 is 9.64 Å². The van der Waals surface area contributed by atoms with E-state index < -0.39 is 6.04 Å². The Hall–Kier alpha value is -3.36. The number of allylic oxidation sites excluding steroid dienone is 1. The van der Waals surface area contributed by atoms with E-state index in [1.165, 1.54) is 11.3 Å². The van der Waals surface area contributed by atoms with Crippen molar-refractivity contribution in [1.82, 2.24) is 9.47 Å². The van der Waals surface area contributed by atoms with Crippen molar-refractivity contribution in [3.8, 4) is 5.75 Å². The van der Waals surface area contributed by atoms with Crippen LogP contribution >= 0.6 is 46.1 Å². The first-order chi connectivity index (χ1) is 20.2. The zero-order chi connectivity index (χ0) is 30.0. The van der Waals surface area contributed by atoms with Gasteiger partial charge in [-0.3, -0.25) is 14.2 Å². The number of aromatic nitrogens is 1. The number of nitrogens with zero attached hydrogens (tertiary/aromatic N) is 3. The van der Waals surface area contributed by atoms with Crippen molar-refractivity contribution in [3.63, 3.8) is 0 Å². The molecule has 6 nitrogen and oxygen atoms in total. The van der Waals surface area contributed by atoms with Crippen LogP contribution < -0.4 is 19.6 Å². The van der Waals surface area contributed by atoms with Gasteiger partial charge in [0.25, 0.3) is 11.5 Å². The van der Waals surface area contributed by atoms with Crippen molar-refractivity contribution in [2.24, 2.45) is 4.99 Å². The summed E-state index contributed by atoms with van der Waals surface area (Å²) in [5.41, 5.74) is 3.40. The number of rotatable bonds is 8. The van der Waals surface area contributed by atoms with Crippen LogP contribution in [0, 0.1) is 0 Å². The summed E-state index contributed by atoms with van der Waals surface area (Å²) in [6, 6.07) is 19.5. The van der Waals surface area contributed by atoms with Crippen molar-refractivity contribution in [1.29, 1.82) is 0 Å². The SMILES string of the molecule is CCN(CC)C(=O)C1=C(C)N=c2s/c(=C/c3ccc(OCc4ccc(Cl)c(Cl)c4)cc3)c(=O)n2[C@@H]1c1ccc(Cl)cc1. The quantitative estimate of drug-likeness (QED) is 0.217. The van der Waals surface area contributed by atoms with Crippen LogP contribution in [-0.4, -0.2) is 28.5 Å². The van der Waals surface area contributed by atoms with E-state index in [1.54, 1.807) is 33.7 Å². The van der Waals surface area contributed by atoms with E-state index >= 15 is 0 Å². The lowest BCUT2D eigenvalue weighted by atomic mass is 9.94. The first-order valence-corrected chi connectivity index (χ1v) is 15.4. The Labute approximate surface area is 262 Å². The molecule has 216 valence electrons. The predicted octanol–water partition coefficient (Wildman–Crippen LogP) is 6.64. The number of fused-ring (bicyclic) bond motifs is 1. The minimum Gasteiger partial charge on any atom is -0.489 e. The van der Waals surface area contributed by atoms with Gasteiger partial charge in [0.2, 0.25) is 0 Å². The second-order valence-electron chi connectivity index (χ2n) is 9.72. The van der Waals surface area contributed by atoms with Crippen molar-refractivity contribution >= 4 is 58.1 Å². The van der Waals surface area contributed by atoms with Crippen LogP contribution in [0.1, 0.15) is 43.5 Å². The molecule has 0 radical (unpaired) electrons. The summed E-state index contributed by atoms with van der Waals surface area (Å²) in [6.07, 6.45) is 1.83.